The van der Waals surface area contributed by atoms with Crippen LogP contribution >= 0.6 is 0 Å². The van der Waals surface area contributed by atoms with Crippen LogP contribution in [0.2, 0.25) is 0 Å². The number of carbonyl (C=O) groups is 1. The Kier molecular flexibility index (Phi) is 6.98. The molecule has 0 saturated heterocycles. The first-order valence-corrected chi connectivity index (χ1v) is 9.59. The Bertz CT molecular complexity index is 746. The van der Waals surface area contributed by atoms with Gasteiger partial charge in [0, 0.05) is 0 Å². The monoisotopic (exact) mass is 357 g/mol. The van der Waals surface area contributed by atoms with Crippen molar-refractivity contribution >= 4 is 5.91 Å². The van der Waals surface area contributed by atoms with Crippen molar-refractivity contribution in [1.29, 1.82) is 0 Å². The van der Waals surface area contributed by atoms with Crippen LogP contribution in [-0.2, 0) is 12.8 Å². The number of benzene rings is 1. The fourth-order valence-electron chi connectivity index (χ4n) is 3.14. The Morgan fingerprint density at radius 1 is 1.27 bits per heavy atom. The van der Waals surface area contributed by atoms with Gasteiger partial charge in [0.2, 0.25) is 0 Å². The van der Waals surface area contributed by atoms with E-state index >= 15 is 0 Å². The Balaban J connectivity index is 2.47. The number of aromatic nitrogens is 2. The van der Waals surface area contributed by atoms with Gasteiger partial charge in [-0.1, -0.05) is 39.0 Å². The summed E-state index contributed by atoms with van der Waals surface area (Å²) in [5.41, 5.74) is 4.85. The molecule has 0 aliphatic rings. The highest BCUT2D eigenvalue weighted by atomic mass is 16.1. The Labute approximate surface area is 157 Å². The summed E-state index contributed by atoms with van der Waals surface area (Å²) in [6, 6.07) is 8.20. The molecule has 0 saturated carbocycles. The molecule has 0 atom stereocenters. The van der Waals surface area contributed by atoms with Crippen molar-refractivity contribution in [2.75, 3.05) is 27.2 Å². The number of hydrogen-bond acceptors (Lipinski definition) is 2. The van der Waals surface area contributed by atoms with Crippen molar-refractivity contribution in [3.05, 3.63) is 46.8 Å². The number of para-hydroxylation sites is 1. The summed E-state index contributed by atoms with van der Waals surface area (Å²) in [6.07, 6.45) is 1.56. The maximum atomic E-state index is 13.0. The fraction of sp³-hybridized carbons (Fsp3) is 0.524. The van der Waals surface area contributed by atoms with Gasteiger partial charge in [-0.05, 0) is 37.3 Å². The predicted octanol–water partition coefficient (Wildman–Crippen LogP) is 1.82. The lowest BCUT2D eigenvalue weighted by Gasteiger charge is -2.11. The lowest BCUT2D eigenvalue weighted by molar-refractivity contribution is -0.856. The highest BCUT2D eigenvalue weighted by Crippen LogP contribution is 2.24. The SMILES string of the molecule is CCc1c(C(=O)NCC[NH+](C)C)c(CC(C)C)nn1-c1ccccc1C. The minimum Gasteiger partial charge on any atom is -0.346 e. The number of nitrogens with zero attached hydrogens (tertiary/aromatic N) is 2. The molecule has 0 fully saturated rings. The minimum atomic E-state index is -0.00131. The number of amides is 1. The smallest absolute Gasteiger partial charge is 0.255 e. The van der Waals surface area contributed by atoms with Gasteiger partial charge < -0.3 is 10.2 Å². The molecule has 5 heteroatoms. The van der Waals surface area contributed by atoms with E-state index in [2.05, 4.69) is 59.2 Å². The first kappa shape index (κ1) is 20.2. The Morgan fingerprint density at radius 2 is 1.96 bits per heavy atom. The summed E-state index contributed by atoms with van der Waals surface area (Å²) in [5, 5.41) is 7.95. The molecule has 0 radical (unpaired) electrons. The topological polar surface area (TPSA) is 51.4 Å². The van der Waals surface area contributed by atoms with Gasteiger partial charge in [0.25, 0.3) is 5.91 Å². The maximum absolute atomic E-state index is 13.0. The van der Waals surface area contributed by atoms with E-state index in [1.807, 2.05) is 16.8 Å². The van der Waals surface area contributed by atoms with Gasteiger partial charge in [0.1, 0.15) is 0 Å². The molecule has 1 heterocycles. The third kappa shape index (κ3) is 4.73. The molecule has 0 spiro atoms. The zero-order valence-electron chi connectivity index (χ0n) is 17.0. The van der Waals surface area contributed by atoms with E-state index in [-0.39, 0.29) is 5.91 Å². The van der Waals surface area contributed by atoms with Gasteiger partial charge >= 0.3 is 0 Å². The maximum Gasteiger partial charge on any atom is 0.255 e. The molecule has 2 N–H and O–H groups in total. The van der Waals surface area contributed by atoms with Crippen LogP contribution in [0.25, 0.3) is 5.69 Å². The van der Waals surface area contributed by atoms with Crippen molar-refractivity contribution in [3.63, 3.8) is 0 Å². The van der Waals surface area contributed by atoms with E-state index in [0.717, 1.165) is 47.6 Å². The van der Waals surface area contributed by atoms with Crippen LogP contribution in [0.3, 0.4) is 0 Å². The van der Waals surface area contributed by atoms with Crippen LogP contribution in [0.15, 0.2) is 24.3 Å². The van der Waals surface area contributed by atoms with E-state index in [0.29, 0.717) is 12.5 Å². The number of carbonyl (C=O) groups excluding carboxylic acids is 1. The van der Waals surface area contributed by atoms with Crippen LogP contribution in [0.4, 0.5) is 0 Å². The molecule has 0 aliphatic heterocycles. The van der Waals surface area contributed by atoms with Gasteiger partial charge in [-0.25, -0.2) is 4.68 Å². The first-order valence-electron chi connectivity index (χ1n) is 9.59. The summed E-state index contributed by atoms with van der Waals surface area (Å²) < 4.78 is 1.97. The fourth-order valence-corrected chi connectivity index (χ4v) is 3.14. The van der Waals surface area contributed by atoms with Crippen LogP contribution in [0.5, 0.6) is 0 Å². The van der Waals surface area contributed by atoms with Gasteiger partial charge in [0.15, 0.2) is 0 Å². The third-order valence-corrected chi connectivity index (χ3v) is 4.47. The van der Waals surface area contributed by atoms with Crippen molar-refractivity contribution in [2.24, 2.45) is 5.92 Å². The minimum absolute atomic E-state index is 0.00131. The number of hydrogen-bond donors (Lipinski definition) is 2. The molecule has 0 unspecified atom stereocenters. The zero-order chi connectivity index (χ0) is 19.3. The van der Waals surface area contributed by atoms with Gasteiger partial charge in [-0.15, -0.1) is 0 Å². The quantitative estimate of drug-likeness (QED) is 0.757. The molecular weight excluding hydrogens is 324 g/mol. The van der Waals surface area contributed by atoms with Crippen LogP contribution in [-0.4, -0.2) is 42.9 Å². The summed E-state index contributed by atoms with van der Waals surface area (Å²) in [4.78, 5) is 14.3. The zero-order valence-corrected chi connectivity index (χ0v) is 17.0. The molecule has 26 heavy (non-hydrogen) atoms. The number of nitrogens with one attached hydrogen (secondary N) is 2. The number of rotatable bonds is 8. The van der Waals surface area contributed by atoms with E-state index in [1.165, 1.54) is 4.90 Å². The first-order chi connectivity index (χ1) is 12.3. The molecule has 1 aromatic carbocycles. The second-order valence-electron chi connectivity index (χ2n) is 7.63. The third-order valence-electron chi connectivity index (χ3n) is 4.47. The summed E-state index contributed by atoms with van der Waals surface area (Å²) in [5.74, 6) is 0.441. The van der Waals surface area contributed by atoms with Gasteiger partial charge in [-0.2, -0.15) is 5.10 Å². The molecule has 0 bridgehead atoms. The normalized spacial score (nSPS) is 11.4. The highest BCUT2D eigenvalue weighted by Gasteiger charge is 2.24. The van der Waals surface area contributed by atoms with E-state index in [1.54, 1.807) is 0 Å². The summed E-state index contributed by atoms with van der Waals surface area (Å²) in [7, 11) is 4.17. The molecular formula is C21H33N4O+. The van der Waals surface area contributed by atoms with E-state index < -0.39 is 0 Å². The summed E-state index contributed by atoms with van der Waals surface area (Å²) in [6.45, 7) is 10.1. The highest BCUT2D eigenvalue weighted by molar-refractivity contribution is 5.96. The second kappa shape index (κ2) is 8.99. The number of aryl methyl sites for hydroxylation is 1. The molecule has 1 aromatic heterocycles. The summed E-state index contributed by atoms with van der Waals surface area (Å²) >= 11 is 0. The standard InChI is InChI=1S/C21H32N4O/c1-7-18-20(21(26)22-12-13-24(5)6)17(14-15(2)3)23-25(18)19-11-9-8-10-16(19)4/h8-11,15H,7,12-14H2,1-6H3,(H,22,26)/p+1. The number of likely N-dealkylation sites (N-methyl/N-ethyl adjacent to an activating group) is 1. The average Bonchev–Trinajstić information content (AvgIpc) is 2.92. The van der Waals surface area contributed by atoms with E-state index in [4.69, 9.17) is 5.10 Å². The van der Waals surface area contributed by atoms with Crippen LogP contribution in [0, 0.1) is 12.8 Å². The Hall–Kier alpha value is -2.14. The van der Waals surface area contributed by atoms with E-state index in [9.17, 15) is 4.79 Å². The largest absolute Gasteiger partial charge is 0.346 e. The molecule has 5 nitrogen and oxygen atoms in total. The molecule has 142 valence electrons. The van der Waals surface area contributed by atoms with Crippen molar-refractivity contribution in [2.45, 2.75) is 40.5 Å². The van der Waals surface area contributed by atoms with Crippen molar-refractivity contribution in [3.8, 4) is 5.69 Å². The van der Waals surface area contributed by atoms with Gasteiger partial charge in [-0.3, -0.25) is 4.79 Å². The van der Waals surface area contributed by atoms with Crippen molar-refractivity contribution < 1.29 is 9.69 Å². The number of quaternary nitrogens is 1. The van der Waals surface area contributed by atoms with Crippen LogP contribution < -0.4 is 10.2 Å². The van der Waals surface area contributed by atoms with Crippen LogP contribution in [0.1, 0.15) is 48.1 Å². The van der Waals surface area contributed by atoms with Crippen molar-refractivity contribution in [1.82, 2.24) is 15.1 Å². The molecule has 2 aromatic rings. The second-order valence-corrected chi connectivity index (χ2v) is 7.63. The average molecular weight is 358 g/mol. The predicted molar refractivity (Wildman–Crippen MR) is 106 cm³/mol. The lowest BCUT2D eigenvalue weighted by Crippen LogP contribution is -3.06. The molecule has 0 aliphatic carbocycles. The lowest BCUT2D eigenvalue weighted by atomic mass is 10.0. The Morgan fingerprint density at radius 3 is 2.54 bits per heavy atom. The van der Waals surface area contributed by atoms with Gasteiger partial charge in [0.05, 0.1) is 49.8 Å². The molecule has 2 rings (SSSR count). The molecule has 1 amide bonds.